The van der Waals surface area contributed by atoms with Crippen molar-refractivity contribution >= 4 is 23.5 Å². The van der Waals surface area contributed by atoms with Crippen molar-refractivity contribution in [3.8, 4) is 5.75 Å². The molecule has 0 fully saturated rings. The molecule has 0 saturated carbocycles. The van der Waals surface area contributed by atoms with Gasteiger partial charge in [-0.1, -0.05) is 42.1 Å². The van der Waals surface area contributed by atoms with Gasteiger partial charge in [-0.3, -0.25) is 9.59 Å². The Labute approximate surface area is 183 Å². The van der Waals surface area contributed by atoms with Crippen molar-refractivity contribution in [1.82, 2.24) is 9.97 Å². The van der Waals surface area contributed by atoms with E-state index in [9.17, 15) is 14.0 Å². The van der Waals surface area contributed by atoms with Crippen LogP contribution < -0.4 is 15.6 Å². The number of hydrogen-bond donors (Lipinski definition) is 2. The smallest absolute Gasteiger partial charge is 0.257 e. The number of ether oxygens (including phenoxy) is 1. The van der Waals surface area contributed by atoms with Crippen LogP contribution in [0.3, 0.4) is 0 Å². The SMILES string of the molecule is CC(C)Oc1ccccc1[C@@H]1CC(=O)Nc2nc(SCc3ccc(F)cc3)[nH]c(=O)c21. The van der Waals surface area contributed by atoms with Gasteiger partial charge in [0.05, 0.1) is 11.7 Å². The Balaban J connectivity index is 1.66. The van der Waals surface area contributed by atoms with Crippen LogP contribution in [0.5, 0.6) is 5.75 Å². The highest BCUT2D eigenvalue weighted by Crippen LogP contribution is 2.39. The Bertz CT molecular complexity index is 1160. The summed E-state index contributed by atoms with van der Waals surface area (Å²) in [6.07, 6.45) is 0.0952. The molecule has 0 radical (unpaired) electrons. The lowest BCUT2D eigenvalue weighted by Crippen LogP contribution is -2.31. The van der Waals surface area contributed by atoms with Crippen molar-refractivity contribution in [2.75, 3.05) is 5.32 Å². The van der Waals surface area contributed by atoms with Crippen LogP contribution in [0.25, 0.3) is 0 Å². The molecular weight excluding hydrogens is 417 g/mol. The number of carbonyl (C=O) groups excluding carboxylic acids is 1. The van der Waals surface area contributed by atoms with Crippen LogP contribution in [-0.2, 0) is 10.5 Å². The largest absolute Gasteiger partial charge is 0.491 e. The van der Waals surface area contributed by atoms with Crippen molar-refractivity contribution in [3.63, 3.8) is 0 Å². The Morgan fingerprint density at radius 1 is 1.16 bits per heavy atom. The lowest BCUT2D eigenvalue weighted by atomic mass is 9.86. The number of para-hydroxylation sites is 1. The van der Waals surface area contributed by atoms with E-state index < -0.39 is 5.92 Å². The molecule has 2 aromatic carbocycles. The van der Waals surface area contributed by atoms with Gasteiger partial charge in [0.25, 0.3) is 5.56 Å². The minimum atomic E-state index is -0.453. The zero-order valence-electron chi connectivity index (χ0n) is 17.1. The molecule has 1 atom stereocenters. The van der Waals surface area contributed by atoms with E-state index in [1.807, 2.05) is 38.1 Å². The first-order chi connectivity index (χ1) is 14.9. The fourth-order valence-corrected chi connectivity index (χ4v) is 4.36. The molecule has 0 bridgehead atoms. The van der Waals surface area contributed by atoms with Crippen molar-refractivity contribution in [1.29, 1.82) is 0 Å². The summed E-state index contributed by atoms with van der Waals surface area (Å²) in [4.78, 5) is 32.8. The Kier molecular flexibility index (Phi) is 6.08. The summed E-state index contributed by atoms with van der Waals surface area (Å²) in [6, 6.07) is 13.6. The van der Waals surface area contributed by atoms with Gasteiger partial charge >= 0.3 is 0 Å². The third-order valence-corrected chi connectivity index (χ3v) is 5.82. The number of fused-ring (bicyclic) bond motifs is 1. The lowest BCUT2D eigenvalue weighted by molar-refractivity contribution is -0.116. The van der Waals surface area contributed by atoms with E-state index in [1.165, 1.54) is 23.9 Å². The summed E-state index contributed by atoms with van der Waals surface area (Å²) in [5.74, 6) is 0.466. The number of thioether (sulfide) groups is 1. The number of aromatic amines is 1. The van der Waals surface area contributed by atoms with Gasteiger partial charge in [-0.2, -0.15) is 0 Å². The van der Waals surface area contributed by atoms with Crippen LogP contribution in [-0.4, -0.2) is 22.0 Å². The summed E-state index contributed by atoms with van der Waals surface area (Å²) >= 11 is 1.31. The molecule has 0 aliphatic carbocycles. The van der Waals surface area contributed by atoms with Crippen molar-refractivity contribution < 1.29 is 13.9 Å². The van der Waals surface area contributed by atoms with E-state index in [0.29, 0.717) is 22.2 Å². The fraction of sp³-hybridized carbons (Fsp3) is 0.261. The number of anilines is 1. The molecule has 2 N–H and O–H groups in total. The molecule has 6 nitrogen and oxygen atoms in total. The second-order valence-electron chi connectivity index (χ2n) is 7.56. The van der Waals surface area contributed by atoms with E-state index in [2.05, 4.69) is 15.3 Å². The number of hydrogen-bond acceptors (Lipinski definition) is 5. The number of nitrogens with one attached hydrogen (secondary N) is 2. The summed E-state index contributed by atoms with van der Waals surface area (Å²) in [7, 11) is 0. The first-order valence-electron chi connectivity index (χ1n) is 9.97. The Hall–Kier alpha value is -3.13. The zero-order chi connectivity index (χ0) is 22.0. The second kappa shape index (κ2) is 8.93. The van der Waals surface area contributed by atoms with Gasteiger partial charge in [0, 0.05) is 23.7 Å². The number of halogens is 1. The van der Waals surface area contributed by atoms with Crippen molar-refractivity contribution in [2.45, 2.75) is 43.2 Å². The molecule has 4 rings (SSSR count). The maximum Gasteiger partial charge on any atom is 0.257 e. The number of benzene rings is 2. The van der Waals surface area contributed by atoms with E-state index in [1.54, 1.807) is 12.1 Å². The molecule has 3 aromatic rings. The minimum absolute atomic E-state index is 0.0420. The predicted molar refractivity (Wildman–Crippen MR) is 118 cm³/mol. The third kappa shape index (κ3) is 4.80. The standard InChI is InChI=1S/C23H22FN3O3S/c1-13(2)30-18-6-4-3-5-16(18)17-11-19(28)25-21-20(17)22(29)27-23(26-21)31-12-14-7-9-15(24)10-8-14/h3-10,13,17H,11-12H2,1-2H3,(H2,25,26,27,28,29)/t17-/m0/s1. The van der Waals surface area contributed by atoms with Crippen molar-refractivity contribution in [2.24, 2.45) is 0 Å². The molecule has 1 aliphatic heterocycles. The first-order valence-corrected chi connectivity index (χ1v) is 11.0. The van der Waals surface area contributed by atoms with Crippen LogP contribution in [0.4, 0.5) is 10.2 Å². The first kappa shape index (κ1) is 21.1. The number of rotatable bonds is 6. The highest BCUT2D eigenvalue weighted by atomic mass is 32.2. The quantitative estimate of drug-likeness (QED) is 0.438. The van der Waals surface area contributed by atoms with E-state index >= 15 is 0 Å². The van der Waals surface area contributed by atoms with Crippen molar-refractivity contribution in [3.05, 3.63) is 81.4 Å². The van der Waals surface area contributed by atoms with Gasteiger partial charge in [0.2, 0.25) is 5.91 Å². The monoisotopic (exact) mass is 439 g/mol. The molecule has 0 unspecified atom stereocenters. The summed E-state index contributed by atoms with van der Waals surface area (Å²) in [5, 5.41) is 3.12. The highest BCUT2D eigenvalue weighted by molar-refractivity contribution is 7.98. The maximum atomic E-state index is 13.1. The topological polar surface area (TPSA) is 84.1 Å². The van der Waals surface area contributed by atoms with Gasteiger partial charge in [-0.25, -0.2) is 9.37 Å². The van der Waals surface area contributed by atoms with Gasteiger partial charge in [-0.05, 0) is 37.6 Å². The number of aromatic nitrogens is 2. The average Bonchev–Trinajstić information content (AvgIpc) is 2.72. The molecular formula is C23H22FN3O3S. The van der Waals surface area contributed by atoms with Crippen LogP contribution in [0, 0.1) is 5.82 Å². The number of amides is 1. The summed E-state index contributed by atoms with van der Waals surface area (Å²) in [5.41, 5.74) is 1.81. The van der Waals surface area contributed by atoms with Crippen LogP contribution in [0.1, 0.15) is 42.9 Å². The van der Waals surface area contributed by atoms with Gasteiger partial charge in [0.15, 0.2) is 5.16 Å². The number of H-pyrrole nitrogens is 1. The Morgan fingerprint density at radius 2 is 1.90 bits per heavy atom. The molecule has 1 aromatic heterocycles. The summed E-state index contributed by atoms with van der Waals surface area (Å²) < 4.78 is 19.0. The second-order valence-corrected chi connectivity index (χ2v) is 8.52. The van der Waals surface area contributed by atoms with E-state index in [0.717, 1.165) is 11.1 Å². The van der Waals surface area contributed by atoms with Gasteiger partial charge < -0.3 is 15.0 Å². The normalized spacial score (nSPS) is 15.5. The molecule has 0 spiro atoms. The van der Waals surface area contributed by atoms with Crippen LogP contribution in [0.2, 0.25) is 0 Å². The van der Waals surface area contributed by atoms with Gasteiger partial charge in [-0.15, -0.1) is 0 Å². The van der Waals surface area contributed by atoms with E-state index in [-0.39, 0.29) is 35.6 Å². The van der Waals surface area contributed by atoms with Crippen LogP contribution in [0.15, 0.2) is 58.5 Å². The fourth-order valence-electron chi connectivity index (χ4n) is 3.55. The Morgan fingerprint density at radius 3 is 2.65 bits per heavy atom. The average molecular weight is 440 g/mol. The highest BCUT2D eigenvalue weighted by Gasteiger charge is 2.32. The number of carbonyl (C=O) groups is 1. The molecule has 31 heavy (non-hydrogen) atoms. The third-order valence-electron chi connectivity index (χ3n) is 4.88. The molecule has 160 valence electrons. The number of nitrogens with zero attached hydrogens (tertiary/aromatic N) is 1. The molecule has 2 heterocycles. The van der Waals surface area contributed by atoms with E-state index in [4.69, 9.17) is 4.74 Å². The molecule has 1 aliphatic rings. The van der Waals surface area contributed by atoms with Crippen LogP contribution >= 0.6 is 11.8 Å². The maximum absolute atomic E-state index is 13.1. The minimum Gasteiger partial charge on any atom is -0.491 e. The molecule has 0 saturated heterocycles. The van der Waals surface area contributed by atoms with Gasteiger partial charge in [0.1, 0.15) is 17.4 Å². The lowest BCUT2D eigenvalue weighted by Gasteiger charge is -2.26. The zero-order valence-corrected chi connectivity index (χ0v) is 18.0. The molecule has 1 amide bonds. The molecule has 8 heteroatoms. The predicted octanol–water partition coefficient (Wildman–Crippen LogP) is 4.46. The summed E-state index contributed by atoms with van der Waals surface area (Å²) in [6.45, 7) is 3.86.